The Morgan fingerprint density at radius 1 is 1.27 bits per heavy atom. The van der Waals surface area contributed by atoms with Crippen LogP contribution in [0.5, 0.6) is 0 Å². The summed E-state index contributed by atoms with van der Waals surface area (Å²) in [7, 11) is 0. The molecule has 1 N–H and O–H groups in total. The van der Waals surface area contributed by atoms with Crippen LogP contribution in [0.1, 0.15) is 54.9 Å². The van der Waals surface area contributed by atoms with Crippen LogP contribution in [0, 0.1) is 6.92 Å². The molecule has 2 fully saturated rings. The van der Waals surface area contributed by atoms with Gasteiger partial charge in [0, 0.05) is 23.8 Å². The molecule has 2 aliphatic rings. The van der Waals surface area contributed by atoms with Crippen LogP contribution in [0.3, 0.4) is 0 Å². The Hall–Kier alpha value is -2.42. The van der Waals surface area contributed by atoms with E-state index in [0.717, 1.165) is 43.0 Å². The topological polar surface area (TPSA) is 107 Å². The number of aryl methyl sites for hydroxylation is 1. The van der Waals surface area contributed by atoms with E-state index in [1.807, 2.05) is 13.0 Å². The molecular formula is C17H17N5O3S. The van der Waals surface area contributed by atoms with Gasteiger partial charge in [0.2, 0.25) is 0 Å². The molecule has 26 heavy (non-hydrogen) atoms. The van der Waals surface area contributed by atoms with Gasteiger partial charge in [-0.25, -0.2) is 14.8 Å². The Kier molecular flexibility index (Phi) is 3.53. The molecule has 0 aromatic carbocycles. The molecule has 3 aromatic rings. The summed E-state index contributed by atoms with van der Waals surface area (Å²) >= 11 is 1.43. The molecule has 3 heterocycles. The highest BCUT2D eigenvalue weighted by atomic mass is 32.2. The maximum absolute atomic E-state index is 12.5. The summed E-state index contributed by atoms with van der Waals surface area (Å²) in [6.07, 6.45) is 3.97. The van der Waals surface area contributed by atoms with Crippen molar-refractivity contribution in [2.45, 2.75) is 55.3 Å². The van der Waals surface area contributed by atoms with Gasteiger partial charge in [0.15, 0.2) is 5.65 Å². The summed E-state index contributed by atoms with van der Waals surface area (Å²) in [6.45, 7) is 1.84. The lowest BCUT2D eigenvalue weighted by molar-refractivity contribution is 0.393. The van der Waals surface area contributed by atoms with Crippen molar-refractivity contribution in [3.63, 3.8) is 0 Å². The summed E-state index contributed by atoms with van der Waals surface area (Å²) < 4.78 is 6.73. The van der Waals surface area contributed by atoms with Crippen molar-refractivity contribution in [3.05, 3.63) is 44.2 Å². The molecule has 2 aliphatic carbocycles. The van der Waals surface area contributed by atoms with Crippen LogP contribution in [0.4, 0.5) is 0 Å². The number of aromatic amines is 1. The highest BCUT2D eigenvalue weighted by Crippen LogP contribution is 2.41. The van der Waals surface area contributed by atoms with Crippen LogP contribution in [0.2, 0.25) is 0 Å². The Labute approximate surface area is 152 Å². The van der Waals surface area contributed by atoms with E-state index in [0.29, 0.717) is 27.7 Å². The normalized spacial score (nSPS) is 17.1. The van der Waals surface area contributed by atoms with Gasteiger partial charge in [-0.15, -0.1) is 0 Å². The van der Waals surface area contributed by atoms with Crippen LogP contribution in [-0.2, 0) is 5.75 Å². The molecule has 3 aromatic heterocycles. The molecule has 0 bridgehead atoms. The summed E-state index contributed by atoms with van der Waals surface area (Å²) in [5.41, 5.74) is 0.452. The van der Waals surface area contributed by atoms with Crippen LogP contribution < -0.4 is 11.2 Å². The van der Waals surface area contributed by atoms with Gasteiger partial charge in [0.25, 0.3) is 5.56 Å². The van der Waals surface area contributed by atoms with Crippen molar-refractivity contribution >= 4 is 22.8 Å². The molecular weight excluding hydrogens is 354 g/mol. The Bertz CT molecular complexity index is 1120. The molecule has 9 heteroatoms. The van der Waals surface area contributed by atoms with Crippen molar-refractivity contribution in [1.29, 1.82) is 0 Å². The van der Waals surface area contributed by atoms with Crippen LogP contribution in [-0.4, -0.2) is 24.7 Å². The van der Waals surface area contributed by atoms with Gasteiger partial charge >= 0.3 is 5.69 Å². The van der Waals surface area contributed by atoms with E-state index in [-0.39, 0.29) is 11.7 Å². The SMILES string of the molecule is Cc1cc(CSc2nc(C3CC3)nc3c2c(=O)[nH]c(=O)n3C2CC2)no1. The lowest BCUT2D eigenvalue weighted by Gasteiger charge is -2.11. The minimum Gasteiger partial charge on any atom is -0.361 e. The molecule has 0 spiro atoms. The van der Waals surface area contributed by atoms with E-state index in [1.54, 1.807) is 4.57 Å². The van der Waals surface area contributed by atoms with Gasteiger partial charge in [0.05, 0.1) is 5.69 Å². The molecule has 2 saturated carbocycles. The fraction of sp³-hybridized carbons (Fsp3) is 0.471. The third-order valence-corrected chi connectivity index (χ3v) is 5.67. The Morgan fingerprint density at radius 3 is 2.73 bits per heavy atom. The standard InChI is InChI=1S/C17H17N5O3S/c1-8-6-10(21-25-8)7-26-16-12-14(18-13(19-16)9-2-3-9)22(11-4-5-11)17(24)20-15(12)23/h6,9,11H,2-5,7H2,1H3,(H,20,23,24). The fourth-order valence-corrected chi connectivity index (χ4v) is 3.97. The quantitative estimate of drug-likeness (QED) is 0.541. The lowest BCUT2D eigenvalue weighted by atomic mass is 10.3. The van der Waals surface area contributed by atoms with Gasteiger partial charge in [-0.3, -0.25) is 14.3 Å². The van der Waals surface area contributed by atoms with E-state index in [4.69, 9.17) is 4.52 Å². The van der Waals surface area contributed by atoms with Crippen LogP contribution >= 0.6 is 11.8 Å². The Morgan fingerprint density at radius 2 is 2.08 bits per heavy atom. The zero-order valence-corrected chi connectivity index (χ0v) is 15.0. The fourth-order valence-electron chi connectivity index (χ4n) is 3.06. The number of H-pyrrole nitrogens is 1. The minimum absolute atomic E-state index is 0.125. The first-order chi connectivity index (χ1) is 12.6. The maximum Gasteiger partial charge on any atom is 0.330 e. The average molecular weight is 371 g/mol. The highest BCUT2D eigenvalue weighted by molar-refractivity contribution is 7.98. The molecule has 5 rings (SSSR count). The number of thioether (sulfide) groups is 1. The zero-order chi connectivity index (χ0) is 17.8. The summed E-state index contributed by atoms with van der Waals surface area (Å²) in [5.74, 6) is 2.34. The number of nitrogens with zero attached hydrogens (tertiary/aromatic N) is 4. The largest absolute Gasteiger partial charge is 0.361 e. The number of nitrogens with one attached hydrogen (secondary N) is 1. The van der Waals surface area contributed by atoms with Gasteiger partial charge < -0.3 is 4.52 Å². The number of hydrogen-bond acceptors (Lipinski definition) is 7. The molecule has 0 saturated heterocycles. The van der Waals surface area contributed by atoms with Gasteiger partial charge in [0.1, 0.15) is 22.0 Å². The van der Waals surface area contributed by atoms with Crippen molar-refractivity contribution in [2.24, 2.45) is 0 Å². The van der Waals surface area contributed by atoms with Crippen molar-refractivity contribution < 1.29 is 4.52 Å². The van der Waals surface area contributed by atoms with Crippen molar-refractivity contribution in [2.75, 3.05) is 0 Å². The molecule has 0 radical (unpaired) electrons. The van der Waals surface area contributed by atoms with E-state index in [1.165, 1.54) is 11.8 Å². The minimum atomic E-state index is -0.428. The molecule has 134 valence electrons. The summed E-state index contributed by atoms with van der Waals surface area (Å²) in [6, 6.07) is 1.99. The smallest absolute Gasteiger partial charge is 0.330 e. The van der Waals surface area contributed by atoms with Gasteiger partial charge in [-0.1, -0.05) is 16.9 Å². The van der Waals surface area contributed by atoms with Gasteiger partial charge in [-0.05, 0) is 32.6 Å². The van der Waals surface area contributed by atoms with Crippen LogP contribution in [0.25, 0.3) is 11.0 Å². The lowest BCUT2D eigenvalue weighted by Crippen LogP contribution is -2.31. The van der Waals surface area contributed by atoms with E-state index in [9.17, 15) is 9.59 Å². The summed E-state index contributed by atoms with van der Waals surface area (Å²) in [4.78, 5) is 36.6. The second-order valence-electron chi connectivity index (χ2n) is 6.94. The Balaban J connectivity index is 1.66. The van der Waals surface area contributed by atoms with Gasteiger partial charge in [-0.2, -0.15) is 0 Å². The zero-order valence-electron chi connectivity index (χ0n) is 14.2. The van der Waals surface area contributed by atoms with Crippen molar-refractivity contribution in [3.8, 4) is 0 Å². The van der Waals surface area contributed by atoms with E-state index in [2.05, 4.69) is 20.1 Å². The second-order valence-corrected chi connectivity index (χ2v) is 7.90. The second kappa shape index (κ2) is 5.80. The molecule has 0 aliphatic heterocycles. The molecule has 0 amide bonds. The number of hydrogen-bond donors (Lipinski definition) is 1. The molecule has 0 atom stereocenters. The first-order valence-corrected chi connectivity index (χ1v) is 9.70. The molecule has 8 nitrogen and oxygen atoms in total. The number of aromatic nitrogens is 5. The molecule has 0 unspecified atom stereocenters. The highest BCUT2D eigenvalue weighted by Gasteiger charge is 2.32. The average Bonchev–Trinajstić information content (AvgIpc) is 3.51. The number of fused-ring (bicyclic) bond motifs is 1. The third kappa shape index (κ3) is 2.76. The predicted octanol–water partition coefficient (Wildman–Crippen LogP) is 2.28. The van der Waals surface area contributed by atoms with E-state index < -0.39 is 5.56 Å². The number of rotatable bonds is 5. The monoisotopic (exact) mass is 371 g/mol. The predicted molar refractivity (Wildman–Crippen MR) is 95.5 cm³/mol. The first kappa shape index (κ1) is 15.8. The van der Waals surface area contributed by atoms with Crippen LogP contribution in [0.15, 0.2) is 25.2 Å². The third-order valence-electron chi connectivity index (χ3n) is 4.66. The van der Waals surface area contributed by atoms with Crippen molar-refractivity contribution in [1.82, 2.24) is 24.7 Å². The first-order valence-electron chi connectivity index (χ1n) is 8.71. The van der Waals surface area contributed by atoms with E-state index >= 15 is 0 Å². The maximum atomic E-state index is 12.5. The summed E-state index contributed by atoms with van der Waals surface area (Å²) in [5, 5.41) is 4.99.